The first-order valence-electron chi connectivity index (χ1n) is 7.16. The molecule has 19 heavy (non-hydrogen) atoms. The van der Waals surface area contributed by atoms with Gasteiger partial charge in [-0.2, -0.15) is 0 Å². The number of aromatic nitrogens is 2. The molecule has 2 aromatic rings. The zero-order valence-corrected chi connectivity index (χ0v) is 12.1. The fraction of sp³-hybridized carbons (Fsp3) is 0.533. The Hall–Kier alpha value is -1.06. The maximum atomic E-state index is 6.10. The summed E-state index contributed by atoms with van der Waals surface area (Å²) in [5.41, 5.74) is 2.22. The number of hydrogen-bond acceptors (Lipinski definition) is 2. The summed E-state index contributed by atoms with van der Waals surface area (Å²) in [6.45, 7) is 4.23. The molecule has 0 saturated heterocycles. The summed E-state index contributed by atoms with van der Waals surface area (Å²) in [5.74, 6) is 1.17. The van der Waals surface area contributed by atoms with Gasteiger partial charge in [-0.25, -0.2) is 4.98 Å². The van der Waals surface area contributed by atoms with Crippen LogP contribution < -0.4 is 5.32 Å². The van der Waals surface area contributed by atoms with Gasteiger partial charge in [-0.15, -0.1) is 0 Å². The van der Waals surface area contributed by atoms with Gasteiger partial charge in [0, 0.05) is 30.6 Å². The number of rotatable bonds is 6. The van der Waals surface area contributed by atoms with Crippen molar-refractivity contribution in [2.45, 2.75) is 45.2 Å². The van der Waals surface area contributed by atoms with Crippen LogP contribution in [-0.2, 0) is 13.0 Å². The smallest absolute Gasteiger partial charge is 0.111 e. The lowest BCUT2D eigenvalue weighted by atomic mass is 10.3. The number of hydrogen-bond donors (Lipinski definition) is 1. The number of nitrogens with zero attached hydrogens (tertiary/aromatic N) is 2. The van der Waals surface area contributed by atoms with E-state index in [4.69, 9.17) is 16.6 Å². The molecule has 1 aromatic carbocycles. The van der Waals surface area contributed by atoms with Crippen LogP contribution in [0.25, 0.3) is 11.0 Å². The van der Waals surface area contributed by atoms with Crippen LogP contribution in [0.5, 0.6) is 0 Å². The molecule has 102 valence electrons. The molecule has 1 N–H and O–H groups in total. The zero-order valence-electron chi connectivity index (χ0n) is 11.3. The summed E-state index contributed by atoms with van der Waals surface area (Å²) in [6.07, 6.45) is 4.77. The van der Waals surface area contributed by atoms with Gasteiger partial charge in [0.05, 0.1) is 11.0 Å². The first-order chi connectivity index (χ1) is 9.28. The minimum Gasteiger partial charge on any atom is -0.328 e. The van der Waals surface area contributed by atoms with Gasteiger partial charge in [-0.05, 0) is 37.5 Å². The normalized spacial score (nSPS) is 15.3. The molecule has 0 atom stereocenters. The monoisotopic (exact) mass is 277 g/mol. The van der Waals surface area contributed by atoms with E-state index in [0.717, 1.165) is 48.0 Å². The van der Waals surface area contributed by atoms with E-state index in [0.29, 0.717) is 0 Å². The Morgan fingerprint density at radius 3 is 3.00 bits per heavy atom. The van der Waals surface area contributed by atoms with Crippen LogP contribution in [0, 0.1) is 0 Å². The van der Waals surface area contributed by atoms with Gasteiger partial charge in [0.1, 0.15) is 5.82 Å². The minimum absolute atomic E-state index is 0.762. The van der Waals surface area contributed by atoms with Gasteiger partial charge in [0.2, 0.25) is 0 Å². The standard InChI is InChI=1S/C15H20ClN3/c1-2-9-19-14-10-11(16)3-6-13(14)18-15(19)7-8-17-12-4-5-12/h3,6,10,12,17H,2,4-5,7-9H2,1H3. The van der Waals surface area contributed by atoms with Crippen molar-refractivity contribution in [3.05, 3.63) is 29.0 Å². The molecule has 1 fully saturated rings. The molecule has 1 aromatic heterocycles. The van der Waals surface area contributed by atoms with Crippen molar-refractivity contribution >= 4 is 22.6 Å². The third kappa shape index (κ3) is 2.93. The van der Waals surface area contributed by atoms with E-state index in [-0.39, 0.29) is 0 Å². The minimum atomic E-state index is 0.762. The second-order valence-electron chi connectivity index (χ2n) is 5.29. The van der Waals surface area contributed by atoms with E-state index in [1.165, 1.54) is 18.7 Å². The summed E-state index contributed by atoms with van der Waals surface area (Å²) in [7, 11) is 0. The third-order valence-corrected chi connectivity index (χ3v) is 3.83. The molecule has 3 rings (SSSR count). The Labute approximate surface area is 119 Å². The van der Waals surface area contributed by atoms with Crippen molar-refractivity contribution < 1.29 is 0 Å². The molecular weight excluding hydrogens is 258 g/mol. The van der Waals surface area contributed by atoms with Gasteiger partial charge in [-0.3, -0.25) is 0 Å². The van der Waals surface area contributed by atoms with E-state index in [9.17, 15) is 0 Å². The van der Waals surface area contributed by atoms with E-state index in [1.807, 2.05) is 18.2 Å². The Kier molecular flexibility index (Phi) is 3.76. The molecule has 0 unspecified atom stereocenters. The SMILES string of the molecule is CCCn1c(CCNC2CC2)nc2ccc(Cl)cc21. The van der Waals surface area contributed by atoms with Crippen LogP contribution in [0.2, 0.25) is 5.02 Å². The van der Waals surface area contributed by atoms with Crippen LogP contribution in [0.3, 0.4) is 0 Å². The largest absolute Gasteiger partial charge is 0.328 e. The topological polar surface area (TPSA) is 29.9 Å². The van der Waals surface area contributed by atoms with Crippen molar-refractivity contribution in [3.63, 3.8) is 0 Å². The number of fused-ring (bicyclic) bond motifs is 1. The highest BCUT2D eigenvalue weighted by molar-refractivity contribution is 6.31. The molecule has 4 heteroatoms. The highest BCUT2D eigenvalue weighted by Crippen LogP contribution is 2.22. The lowest BCUT2D eigenvalue weighted by Gasteiger charge is -2.08. The van der Waals surface area contributed by atoms with Gasteiger partial charge < -0.3 is 9.88 Å². The van der Waals surface area contributed by atoms with Crippen molar-refractivity contribution in [2.75, 3.05) is 6.54 Å². The molecule has 0 radical (unpaired) electrons. The quantitative estimate of drug-likeness (QED) is 0.877. The highest BCUT2D eigenvalue weighted by Gasteiger charge is 2.20. The fourth-order valence-electron chi connectivity index (χ4n) is 2.49. The summed E-state index contributed by atoms with van der Waals surface area (Å²) in [4.78, 5) is 4.75. The lowest BCUT2D eigenvalue weighted by Crippen LogP contribution is -2.20. The number of nitrogens with one attached hydrogen (secondary N) is 1. The van der Waals surface area contributed by atoms with Gasteiger partial charge in [-0.1, -0.05) is 18.5 Å². The van der Waals surface area contributed by atoms with Crippen LogP contribution in [0.4, 0.5) is 0 Å². The fourth-order valence-corrected chi connectivity index (χ4v) is 2.65. The van der Waals surface area contributed by atoms with Crippen molar-refractivity contribution in [1.82, 2.24) is 14.9 Å². The lowest BCUT2D eigenvalue weighted by molar-refractivity contribution is 0.615. The van der Waals surface area contributed by atoms with E-state index in [1.54, 1.807) is 0 Å². The zero-order chi connectivity index (χ0) is 13.2. The van der Waals surface area contributed by atoms with Crippen LogP contribution in [-0.4, -0.2) is 22.1 Å². The third-order valence-electron chi connectivity index (χ3n) is 3.60. The predicted octanol–water partition coefficient (Wildman–Crippen LogP) is 3.39. The highest BCUT2D eigenvalue weighted by atomic mass is 35.5. The molecule has 0 spiro atoms. The molecule has 1 saturated carbocycles. The Morgan fingerprint density at radius 1 is 1.42 bits per heavy atom. The first-order valence-corrected chi connectivity index (χ1v) is 7.54. The van der Waals surface area contributed by atoms with Crippen molar-refractivity contribution in [1.29, 1.82) is 0 Å². The number of aryl methyl sites for hydroxylation is 1. The Bertz CT molecular complexity index is 572. The summed E-state index contributed by atoms with van der Waals surface area (Å²) in [5, 5.41) is 4.34. The average Bonchev–Trinajstić information content (AvgIpc) is 3.15. The predicted molar refractivity (Wildman–Crippen MR) is 79.8 cm³/mol. The molecule has 1 aliphatic carbocycles. The van der Waals surface area contributed by atoms with Crippen molar-refractivity contribution in [2.24, 2.45) is 0 Å². The first kappa shape index (κ1) is 12.9. The molecule has 0 aliphatic heterocycles. The number of benzene rings is 1. The molecule has 0 amide bonds. The maximum absolute atomic E-state index is 6.10. The van der Waals surface area contributed by atoms with Crippen molar-refractivity contribution in [3.8, 4) is 0 Å². The van der Waals surface area contributed by atoms with Gasteiger partial charge in [0.15, 0.2) is 0 Å². The molecule has 0 bridgehead atoms. The van der Waals surface area contributed by atoms with E-state index in [2.05, 4.69) is 16.8 Å². The Balaban J connectivity index is 1.85. The average molecular weight is 278 g/mol. The maximum Gasteiger partial charge on any atom is 0.111 e. The van der Waals surface area contributed by atoms with Crippen LogP contribution in [0.15, 0.2) is 18.2 Å². The molecule has 1 heterocycles. The molecular formula is C15H20ClN3. The number of imidazole rings is 1. The summed E-state index contributed by atoms with van der Waals surface area (Å²) < 4.78 is 2.32. The van der Waals surface area contributed by atoms with Crippen LogP contribution >= 0.6 is 11.6 Å². The summed E-state index contributed by atoms with van der Waals surface area (Å²) in [6, 6.07) is 6.72. The van der Waals surface area contributed by atoms with E-state index < -0.39 is 0 Å². The second-order valence-corrected chi connectivity index (χ2v) is 5.73. The number of halogens is 1. The van der Waals surface area contributed by atoms with Gasteiger partial charge >= 0.3 is 0 Å². The van der Waals surface area contributed by atoms with E-state index >= 15 is 0 Å². The van der Waals surface area contributed by atoms with Crippen LogP contribution in [0.1, 0.15) is 32.0 Å². The Morgan fingerprint density at radius 2 is 2.26 bits per heavy atom. The van der Waals surface area contributed by atoms with Gasteiger partial charge in [0.25, 0.3) is 0 Å². The molecule has 1 aliphatic rings. The second kappa shape index (κ2) is 5.51. The summed E-state index contributed by atoms with van der Waals surface area (Å²) >= 11 is 6.10. The molecule has 3 nitrogen and oxygen atoms in total.